The summed E-state index contributed by atoms with van der Waals surface area (Å²) >= 11 is 6.12. The molecule has 0 spiro atoms. The Morgan fingerprint density at radius 2 is 2.00 bits per heavy atom. The van der Waals surface area contributed by atoms with Crippen LogP contribution in [0.4, 0.5) is 11.5 Å². The summed E-state index contributed by atoms with van der Waals surface area (Å²) in [5.41, 5.74) is 2.35. The number of carbonyl (C=O) groups is 1. The molecule has 0 aliphatic rings. The van der Waals surface area contributed by atoms with Gasteiger partial charge in [-0.15, -0.1) is 0 Å². The highest BCUT2D eigenvalue weighted by molar-refractivity contribution is 6.32. The Bertz CT molecular complexity index is 759. The van der Waals surface area contributed by atoms with E-state index in [2.05, 4.69) is 16.9 Å². The molecule has 1 N–H and O–H groups in total. The predicted molar refractivity (Wildman–Crippen MR) is 91.6 cm³/mol. The Morgan fingerprint density at radius 1 is 1.26 bits per heavy atom. The van der Waals surface area contributed by atoms with Gasteiger partial charge in [-0.1, -0.05) is 24.2 Å². The van der Waals surface area contributed by atoms with Gasteiger partial charge in [-0.3, -0.25) is 0 Å². The molecule has 0 atom stereocenters. The zero-order valence-corrected chi connectivity index (χ0v) is 13.9. The van der Waals surface area contributed by atoms with Crippen molar-refractivity contribution in [1.82, 2.24) is 4.98 Å². The van der Waals surface area contributed by atoms with Crippen molar-refractivity contribution in [3.8, 4) is 5.75 Å². The minimum atomic E-state index is -0.491. The van der Waals surface area contributed by atoms with Gasteiger partial charge in [0, 0.05) is 0 Å². The molecule has 120 valence electrons. The first kappa shape index (κ1) is 16.8. The van der Waals surface area contributed by atoms with Gasteiger partial charge in [-0.05, 0) is 36.8 Å². The second-order valence-corrected chi connectivity index (χ2v) is 5.22. The number of pyridine rings is 1. The molecular formula is C17H17ClN2O3. The van der Waals surface area contributed by atoms with Crippen molar-refractivity contribution >= 4 is 34.6 Å². The highest BCUT2D eigenvalue weighted by Gasteiger charge is 2.17. The van der Waals surface area contributed by atoms with Gasteiger partial charge < -0.3 is 14.8 Å². The van der Waals surface area contributed by atoms with E-state index in [9.17, 15) is 4.79 Å². The fourth-order valence-electron chi connectivity index (χ4n) is 2.01. The van der Waals surface area contributed by atoms with E-state index >= 15 is 0 Å². The number of hydrogen-bond donors (Lipinski definition) is 1. The van der Waals surface area contributed by atoms with Gasteiger partial charge in [0.2, 0.25) is 0 Å². The van der Waals surface area contributed by atoms with Crippen LogP contribution in [0, 0.1) is 0 Å². The molecule has 0 aliphatic heterocycles. The van der Waals surface area contributed by atoms with Crippen LogP contribution in [0.5, 0.6) is 5.75 Å². The molecule has 23 heavy (non-hydrogen) atoms. The third-order valence-electron chi connectivity index (χ3n) is 3.16. The molecule has 0 saturated heterocycles. The molecule has 2 aromatic rings. The van der Waals surface area contributed by atoms with Crippen molar-refractivity contribution in [3.63, 3.8) is 0 Å². The SMILES string of the molecule is C=C(C)c1ccc(C(=O)OC)c(Nc2cccc(Cl)c2OC)n1. The molecule has 1 heterocycles. The number of para-hydroxylation sites is 1. The summed E-state index contributed by atoms with van der Waals surface area (Å²) in [5.74, 6) is 0.319. The number of anilines is 2. The summed E-state index contributed by atoms with van der Waals surface area (Å²) in [6.07, 6.45) is 0. The van der Waals surface area contributed by atoms with Crippen molar-refractivity contribution in [1.29, 1.82) is 0 Å². The lowest BCUT2D eigenvalue weighted by atomic mass is 10.1. The molecule has 1 aromatic heterocycles. The fraction of sp³-hybridized carbons (Fsp3) is 0.176. The number of aromatic nitrogens is 1. The van der Waals surface area contributed by atoms with E-state index in [-0.39, 0.29) is 0 Å². The van der Waals surface area contributed by atoms with E-state index in [0.717, 1.165) is 5.57 Å². The number of rotatable bonds is 5. The van der Waals surface area contributed by atoms with Crippen molar-refractivity contribution in [2.75, 3.05) is 19.5 Å². The number of halogens is 1. The summed E-state index contributed by atoms with van der Waals surface area (Å²) in [5, 5.41) is 3.53. The van der Waals surface area contributed by atoms with Crippen LogP contribution in [0.15, 0.2) is 36.9 Å². The van der Waals surface area contributed by atoms with E-state index in [1.54, 1.807) is 30.3 Å². The van der Waals surface area contributed by atoms with Crippen LogP contribution in [-0.4, -0.2) is 25.2 Å². The zero-order chi connectivity index (χ0) is 17.0. The zero-order valence-electron chi connectivity index (χ0n) is 13.1. The summed E-state index contributed by atoms with van der Waals surface area (Å²) in [7, 11) is 2.84. The molecule has 0 radical (unpaired) electrons. The highest BCUT2D eigenvalue weighted by Crippen LogP contribution is 2.35. The van der Waals surface area contributed by atoms with Crippen molar-refractivity contribution in [2.45, 2.75) is 6.92 Å². The fourth-order valence-corrected chi connectivity index (χ4v) is 2.26. The molecule has 0 saturated carbocycles. The minimum absolute atomic E-state index is 0.305. The summed E-state index contributed by atoms with van der Waals surface area (Å²) in [6, 6.07) is 8.62. The lowest BCUT2D eigenvalue weighted by Crippen LogP contribution is -2.09. The predicted octanol–water partition coefficient (Wildman–Crippen LogP) is 4.31. The second kappa shape index (κ2) is 7.15. The van der Waals surface area contributed by atoms with Gasteiger partial charge in [0.05, 0.1) is 30.6 Å². The molecule has 1 aromatic carbocycles. The highest BCUT2D eigenvalue weighted by atomic mass is 35.5. The van der Waals surface area contributed by atoms with Crippen LogP contribution < -0.4 is 10.1 Å². The lowest BCUT2D eigenvalue weighted by molar-refractivity contribution is 0.0601. The van der Waals surface area contributed by atoms with Gasteiger partial charge in [0.15, 0.2) is 5.75 Å². The van der Waals surface area contributed by atoms with Gasteiger partial charge in [0.25, 0.3) is 0 Å². The number of carbonyl (C=O) groups excluding carboxylic acids is 1. The van der Waals surface area contributed by atoms with Gasteiger partial charge in [0.1, 0.15) is 11.4 Å². The Balaban J connectivity index is 2.53. The monoisotopic (exact) mass is 332 g/mol. The maximum Gasteiger partial charge on any atom is 0.341 e. The normalized spacial score (nSPS) is 10.1. The van der Waals surface area contributed by atoms with E-state index < -0.39 is 5.97 Å². The molecule has 2 rings (SSSR count). The molecule has 0 bridgehead atoms. The van der Waals surface area contributed by atoms with Crippen LogP contribution in [0.3, 0.4) is 0 Å². The topological polar surface area (TPSA) is 60.5 Å². The van der Waals surface area contributed by atoms with Gasteiger partial charge in [-0.2, -0.15) is 0 Å². The molecule has 0 unspecified atom stereocenters. The maximum atomic E-state index is 11.9. The van der Waals surface area contributed by atoms with E-state index in [1.165, 1.54) is 14.2 Å². The van der Waals surface area contributed by atoms with Crippen LogP contribution in [-0.2, 0) is 4.74 Å². The lowest BCUT2D eigenvalue weighted by Gasteiger charge is -2.15. The molecule has 0 amide bonds. The Hall–Kier alpha value is -2.53. The van der Waals surface area contributed by atoms with Crippen LogP contribution in [0.25, 0.3) is 5.57 Å². The molecule has 0 aliphatic carbocycles. The number of methoxy groups -OCH3 is 2. The number of hydrogen-bond acceptors (Lipinski definition) is 5. The number of benzene rings is 1. The number of nitrogens with zero attached hydrogens (tertiary/aromatic N) is 1. The quantitative estimate of drug-likeness (QED) is 0.827. The maximum absolute atomic E-state index is 11.9. The first-order valence-corrected chi connectivity index (χ1v) is 7.20. The smallest absolute Gasteiger partial charge is 0.341 e. The average molecular weight is 333 g/mol. The van der Waals surface area contributed by atoms with Crippen LogP contribution in [0.1, 0.15) is 23.0 Å². The van der Waals surface area contributed by atoms with E-state index in [0.29, 0.717) is 33.5 Å². The van der Waals surface area contributed by atoms with Crippen molar-refractivity contribution in [2.24, 2.45) is 0 Å². The van der Waals surface area contributed by atoms with Gasteiger partial charge >= 0.3 is 5.97 Å². The second-order valence-electron chi connectivity index (χ2n) is 4.81. The van der Waals surface area contributed by atoms with E-state index in [1.807, 2.05) is 6.92 Å². The third-order valence-corrected chi connectivity index (χ3v) is 3.46. The number of esters is 1. The Kier molecular flexibility index (Phi) is 5.24. The van der Waals surface area contributed by atoms with Crippen LogP contribution in [0.2, 0.25) is 5.02 Å². The largest absolute Gasteiger partial charge is 0.493 e. The standard InChI is InChI=1S/C17H17ClN2O3/c1-10(2)13-9-8-11(17(21)23-4)16(19-13)20-14-7-5-6-12(18)15(14)22-3/h5-9H,1H2,2-4H3,(H,19,20). The Morgan fingerprint density at radius 3 is 2.61 bits per heavy atom. The molecule has 6 heteroatoms. The summed E-state index contributed by atoms with van der Waals surface area (Å²) < 4.78 is 10.1. The minimum Gasteiger partial charge on any atom is -0.493 e. The van der Waals surface area contributed by atoms with E-state index in [4.69, 9.17) is 21.1 Å². The number of ether oxygens (including phenoxy) is 2. The summed E-state index contributed by atoms with van der Waals surface area (Å²) in [4.78, 5) is 16.4. The van der Waals surface area contributed by atoms with Crippen molar-refractivity contribution in [3.05, 3.63) is 53.2 Å². The first-order chi connectivity index (χ1) is 11.0. The first-order valence-electron chi connectivity index (χ1n) is 6.82. The molecule has 0 fully saturated rings. The van der Waals surface area contributed by atoms with Gasteiger partial charge in [-0.25, -0.2) is 9.78 Å². The van der Waals surface area contributed by atoms with Crippen molar-refractivity contribution < 1.29 is 14.3 Å². The number of allylic oxidation sites excluding steroid dienone is 1. The summed E-state index contributed by atoms with van der Waals surface area (Å²) in [6.45, 7) is 5.70. The molecular weight excluding hydrogens is 316 g/mol. The average Bonchev–Trinajstić information content (AvgIpc) is 2.54. The third kappa shape index (κ3) is 3.63. The Labute approximate surface area is 139 Å². The number of nitrogens with one attached hydrogen (secondary N) is 1. The van der Waals surface area contributed by atoms with Crippen LogP contribution >= 0.6 is 11.6 Å². The molecule has 5 nitrogen and oxygen atoms in total.